The number of pyridine rings is 1. The van der Waals surface area contributed by atoms with Crippen molar-refractivity contribution in [3.63, 3.8) is 0 Å². The van der Waals surface area contributed by atoms with Crippen LogP contribution >= 0.6 is 0 Å². The number of nitrogens with one attached hydrogen (secondary N) is 3. The minimum atomic E-state index is -0.502. The van der Waals surface area contributed by atoms with Gasteiger partial charge in [0.05, 0.1) is 0 Å². The smallest absolute Gasteiger partial charge is 0.261 e. The normalized spacial score (nSPS) is 10.4. The standard InChI is InChI=1S/C20H19N3O4/c1-2-21-18(24)12-27-15-9-7-14(8-10-15)22-19(25)16-11-13-5-3-4-6-17(13)23-20(16)26/h3-11H,2,12H2,1H3,(H,21,24)(H,22,25)(H,23,26). The lowest BCUT2D eigenvalue weighted by molar-refractivity contribution is -0.122. The molecule has 3 aromatic rings. The molecule has 0 aliphatic rings. The van der Waals surface area contributed by atoms with Crippen LogP contribution in [0.5, 0.6) is 5.75 Å². The van der Waals surface area contributed by atoms with Gasteiger partial charge in [0.15, 0.2) is 6.61 Å². The number of hydrogen-bond donors (Lipinski definition) is 3. The molecule has 0 saturated carbocycles. The quantitative estimate of drug-likeness (QED) is 0.624. The number of benzene rings is 2. The summed E-state index contributed by atoms with van der Waals surface area (Å²) in [6, 6.07) is 15.4. The summed E-state index contributed by atoms with van der Waals surface area (Å²) < 4.78 is 5.35. The van der Waals surface area contributed by atoms with Crippen LogP contribution in [0.2, 0.25) is 0 Å². The van der Waals surface area contributed by atoms with Gasteiger partial charge in [-0.25, -0.2) is 0 Å². The highest BCUT2D eigenvalue weighted by atomic mass is 16.5. The summed E-state index contributed by atoms with van der Waals surface area (Å²) in [6.45, 7) is 2.29. The second-order valence-corrected chi connectivity index (χ2v) is 5.82. The van der Waals surface area contributed by atoms with Crippen molar-refractivity contribution in [2.75, 3.05) is 18.5 Å². The second-order valence-electron chi connectivity index (χ2n) is 5.82. The second kappa shape index (κ2) is 8.18. The van der Waals surface area contributed by atoms with Crippen molar-refractivity contribution in [1.82, 2.24) is 10.3 Å². The Labute approximate surface area is 155 Å². The molecule has 2 aromatic carbocycles. The summed E-state index contributed by atoms with van der Waals surface area (Å²) in [6.07, 6.45) is 0. The molecule has 1 heterocycles. The Morgan fingerprint density at radius 1 is 1.07 bits per heavy atom. The molecule has 7 heteroatoms. The molecule has 0 unspecified atom stereocenters. The average molecular weight is 365 g/mol. The van der Waals surface area contributed by atoms with Gasteiger partial charge in [-0.15, -0.1) is 0 Å². The molecule has 138 valence electrons. The molecular weight excluding hydrogens is 346 g/mol. The topological polar surface area (TPSA) is 100 Å². The molecule has 7 nitrogen and oxygen atoms in total. The Balaban J connectivity index is 1.68. The molecule has 27 heavy (non-hydrogen) atoms. The zero-order valence-corrected chi connectivity index (χ0v) is 14.7. The average Bonchev–Trinajstić information content (AvgIpc) is 2.67. The van der Waals surface area contributed by atoms with E-state index in [-0.39, 0.29) is 18.1 Å². The van der Waals surface area contributed by atoms with Gasteiger partial charge in [-0.2, -0.15) is 0 Å². The van der Waals surface area contributed by atoms with Crippen LogP contribution in [0.3, 0.4) is 0 Å². The Morgan fingerprint density at radius 2 is 1.81 bits per heavy atom. The van der Waals surface area contributed by atoms with Crippen molar-refractivity contribution in [1.29, 1.82) is 0 Å². The van der Waals surface area contributed by atoms with Crippen LogP contribution in [0.25, 0.3) is 10.9 Å². The molecule has 3 N–H and O–H groups in total. The molecular formula is C20H19N3O4. The van der Waals surface area contributed by atoms with E-state index in [9.17, 15) is 14.4 Å². The van der Waals surface area contributed by atoms with E-state index in [1.165, 1.54) is 0 Å². The number of likely N-dealkylation sites (N-methyl/N-ethyl adjacent to an activating group) is 1. The number of amides is 2. The number of anilines is 1. The lowest BCUT2D eigenvalue weighted by atomic mass is 10.1. The molecule has 0 atom stereocenters. The predicted molar refractivity (Wildman–Crippen MR) is 103 cm³/mol. The van der Waals surface area contributed by atoms with E-state index < -0.39 is 11.5 Å². The summed E-state index contributed by atoms with van der Waals surface area (Å²) in [5.74, 6) is -0.203. The molecule has 0 aliphatic heterocycles. The van der Waals surface area contributed by atoms with Crippen LogP contribution in [-0.2, 0) is 4.79 Å². The predicted octanol–water partition coefficient (Wildman–Crippen LogP) is 2.30. The van der Waals surface area contributed by atoms with E-state index >= 15 is 0 Å². The Morgan fingerprint density at radius 3 is 2.56 bits per heavy atom. The van der Waals surface area contributed by atoms with Crippen molar-refractivity contribution < 1.29 is 14.3 Å². The summed E-state index contributed by atoms with van der Waals surface area (Å²) >= 11 is 0. The number of carbonyl (C=O) groups is 2. The monoisotopic (exact) mass is 365 g/mol. The van der Waals surface area contributed by atoms with E-state index in [0.717, 1.165) is 5.39 Å². The first-order chi connectivity index (χ1) is 13.1. The van der Waals surface area contributed by atoms with E-state index in [0.29, 0.717) is 23.5 Å². The summed E-state index contributed by atoms with van der Waals surface area (Å²) in [4.78, 5) is 38.7. The third-order valence-corrected chi connectivity index (χ3v) is 3.85. The van der Waals surface area contributed by atoms with Gasteiger partial charge in [-0.05, 0) is 48.7 Å². The van der Waals surface area contributed by atoms with Crippen molar-refractivity contribution in [2.45, 2.75) is 6.92 Å². The fraction of sp³-hybridized carbons (Fsp3) is 0.150. The number of H-pyrrole nitrogens is 1. The highest BCUT2D eigenvalue weighted by Gasteiger charge is 2.12. The van der Waals surface area contributed by atoms with Crippen molar-refractivity contribution in [3.8, 4) is 5.75 Å². The number of fused-ring (bicyclic) bond motifs is 1. The number of hydrogen-bond acceptors (Lipinski definition) is 4. The zero-order valence-electron chi connectivity index (χ0n) is 14.7. The van der Waals surface area contributed by atoms with Crippen LogP contribution in [0.1, 0.15) is 17.3 Å². The zero-order chi connectivity index (χ0) is 19.2. The third kappa shape index (κ3) is 4.52. The maximum Gasteiger partial charge on any atom is 0.261 e. The van der Waals surface area contributed by atoms with Crippen molar-refractivity contribution >= 4 is 28.4 Å². The Hall–Kier alpha value is -3.61. The van der Waals surface area contributed by atoms with Crippen LogP contribution < -0.4 is 20.9 Å². The number of aromatic nitrogens is 1. The van der Waals surface area contributed by atoms with Crippen molar-refractivity contribution in [2.24, 2.45) is 0 Å². The fourth-order valence-electron chi connectivity index (χ4n) is 2.55. The van der Waals surface area contributed by atoms with Crippen LogP contribution in [0, 0.1) is 0 Å². The Bertz CT molecular complexity index is 1030. The van der Waals surface area contributed by atoms with Gasteiger partial charge in [0.2, 0.25) is 0 Å². The highest BCUT2D eigenvalue weighted by Crippen LogP contribution is 2.17. The first kappa shape index (κ1) is 18.2. The minimum Gasteiger partial charge on any atom is -0.484 e. The molecule has 0 fully saturated rings. The fourth-order valence-corrected chi connectivity index (χ4v) is 2.55. The lowest BCUT2D eigenvalue weighted by Crippen LogP contribution is -2.28. The van der Waals surface area contributed by atoms with E-state index in [1.54, 1.807) is 36.4 Å². The first-order valence-corrected chi connectivity index (χ1v) is 8.50. The van der Waals surface area contributed by atoms with Gasteiger partial charge >= 0.3 is 0 Å². The molecule has 0 bridgehead atoms. The van der Waals surface area contributed by atoms with Gasteiger partial charge in [-0.3, -0.25) is 14.4 Å². The molecule has 0 radical (unpaired) electrons. The summed E-state index contributed by atoms with van der Waals surface area (Å²) in [7, 11) is 0. The van der Waals surface area contributed by atoms with Gasteiger partial charge in [0, 0.05) is 17.7 Å². The van der Waals surface area contributed by atoms with Gasteiger partial charge < -0.3 is 20.4 Å². The molecule has 0 spiro atoms. The van der Waals surface area contributed by atoms with Gasteiger partial charge in [-0.1, -0.05) is 18.2 Å². The van der Waals surface area contributed by atoms with E-state index in [4.69, 9.17) is 4.74 Å². The number of carbonyl (C=O) groups excluding carboxylic acids is 2. The SMILES string of the molecule is CCNC(=O)COc1ccc(NC(=O)c2cc3ccccc3[nH]c2=O)cc1. The summed E-state index contributed by atoms with van der Waals surface area (Å²) in [5, 5.41) is 6.09. The molecule has 2 amide bonds. The van der Waals surface area contributed by atoms with E-state index in [2.05, 4.69) is 15.6 Å². The van der Waals surface area contributed by atoms with Crippen LogP contribution in [0.4, 0.5) is 5.69 Å². The van der Waals surface area contributed by atoms with Crippen LogP contribution in [0.15, 0.2) is 59.4 Å². The Kier molecular flexibility index (Phi) is 5.51. The van der Waals surface area contributed by atoms with Crippen LogP contribution in [-0.4, -0.2) is 29.9 Å². The van der Waals surface area contributed by atoms with Gasteiger partial charge in [0.1, 0.15) is 11.3 Å². The minimum absolute atomic E-state index is 0.0327. The van der Waals surface area contributed by atoms with Gasteiger partial charge in [0.25, 0.3) is 17.4 Å². The van der Waals surface area contributed by atoms with E-state index in [1.807, 2.05) is 25.1 Å². The largest absolute Gasteiger partial charge is 0.484 e. The highest BCUT2D eigenvalue weighted by molar-refractivity contribution is 6.05. The number of ether oxygens (including phenoxy) is 1. The molecule has 0 saturated heterocycles. The molecule has 0 aliphatic carbocycles. The van der Waals surface area contributed by atoms with Crippen molar-refractivity contribution in [3.05, 3.63) is 70.5 Å². The maximum atomic E-state index is 12.4. The first-order valence-electron chi connectivity index (χ1n) is 8.50. The molecule has 3 rings (SSSR count). The number of para-hydroxylation sites is 1. The third-order valence-electron chi connectivity index (χ3n) is 3.85. The maximum absolute atomic E-state index is 12.4. The number of rotatable bonds is 6. The molecule has 1 aromatic heterocycles. The lowest BCUT2D eigenvalue weighted by Gasteiger charge is -2.08. The summed E-state index contributed by atoms with van der Waals surface area (Å²) in [5.41, 5.74) is 0.768. The number of aromatic amines is 1.